The molecular weight excluding hydrogens is 289 g/mol. The average molecular weight is 296 g/mol. The van der Waals surface area contributed by atoms with Gasteiger partial charge < -0.3 is 9.79 Å². The van der Waals surface area contributed by atoms with Crippen molar-refractivity contribution in [3.05, 3.63) is 38.3 Å². The molecule has 0 fully saturated rings. The van der Waals surface area contributed by atoms with Crippen LogP contribution < -0.4 is 0 Å². The molecule has 0 aliphatic heterocycles. The zero-order chi connectivity index (χ0) is 11.6. The van der Waals surface area contributed by atoms with E-state index in [1.165, 1.54) is 18.2 Å². The van der Waals surface area contributed by atoms with Gasteiger partial charge in [-0.25, -0.2) is 0 Å². The van der Waals surface area contributed by atoms with Gasteiger partial charge in [0.25, 0.3) is 5.69 Å². The Hall–Kier alpha value is -0.750. The van der Waals surface area contributed by atoms with Crippen LogP contribution in [0.2, 0.25) is 0 Å². The fourth-order valence-electron chi connectivity index (χ4n) is 1.06. The minimum absolute atomic E-state index is 0.0246. The van der Waals surface area contributed by atoms with Crippen molar-refractivity contribution < 1.29 is 19.3 Å². The normalized spacial score (nSPS) is 11.4. The SMILES string of the molecule is O=[N+]([O-])c1cc(Br)ccc1CP(=O)(O)O. The highest BCUT2D eigenvalue weighted by molar-refractivity contribution is 9.10. The Kier molecular flexibility index (Phi) is 3.62. The van der Waals surface area contributed by atoms with Crippen molar-refractivity contribution in [3.8, 4) is 0 Å². The van der Waals surface area contributed by atoms with Crippen molar-refractivity contribution in [1.82, 2.24) is 0 Å². The first-order valence-corrected chi connectivity index (χ1v) is 6.36. The third-order valence-corrected chi connectivity index (χ3v) is 2.87. The Morgan fingerprint density at radius 2 is 2.07 bits per heavy atom. The lowest BCUT2D eigenvalue weighted by molar-refractivity contribution is -0.385. The number of hydrogen-bond acceptors (Lipinski definition) is 3. The van der Waals surface area contributed by atoms with E-state index >= 15 is 0 Å². The summed E-state index contributed by atoms with van der Waals surface area (Å²) in [6.07, 6.45) is -0.628. The van der Waals surface area contributed by atoms with Crippen molar-refractivity contribution in [2.45, 2.75) is 6.16 Å². The van der Waals surface area contributed by atoms with Crippen LogP contribution in [0.3, 0.4) is 0 Å². The van der Waals surface area contributed by atoms with Gasteiger partial charge in [-0.3, -0.25) is 14.7 Å². The van der Waals surface area contributed by atoms with E-state index in [1.54, 1.807) is 0 Å². The Morgan fingerprint density at radius 1 is 1.47 bits per heavy atom. The van der Waals surface area contributed by atoms with E-state index in [4.69, 9.17) is 9.79 Å². The van der Waals surface area contributed by atoms with Crippen molar-refractivity contribution in [2.24, 2.45) is 0 Å². The summed E-state index contributed by atoms with van der Waals surface area (Å²) in [4.78, 5) is 27.4. The molecule has 0 saturated heterocycles. The highest BCUT2D eigenvalue weighted by Crippen LogP contribution is 2.41. The Bertz CT molecular complexity index is 443. The van der Waals surface area contributed by atoms with Crippen LogP contribution in [0.1, 0.15) is 5.56 Å². The minimum atomic E-state index is -4.29. The topological polar surface area (TPSA) is 101 Å². The molecule has 0 bridgehead atoms. The van der Waals surface area contributed by atoms with Gasteiger partial charge >= 0.3 is 7.60 Å². The van der Waals surface area contributed by atoms with E-state index in [0.717, 1.165) is 0 Å². The summed E-state index contributed by atoms with van der Waals surface area (Å²) in [5, 5.41) is 10.6. The van der Waals surface area contributed by atoms with E-state index in [2.05, 4.69) is 15.9 Å². The van der Waals surface area contributed by atoms with Gasteiger partial charge in [0, 0.05) is 16.1 Å². The van der Waals surface area contributed by atoms with Crippen LogP contribution in [0.25, 0.3) is 0 Å². The second-order valence-electron chi connectivity index (χ2n) is 2.85. The second-order valence-corrected chi connectivity index (χ2v) is 5.41. The summed E-state index contributed by atoms with van der Waals surface area (Å²) < 4.78 is 11.2. The minimum Gasteiger partial charge on any atom is -0.324 e. The number of nitrogens with zero attached hydrogens (tertiary/aromatic N) is 1. The van der Waals surface area contributed by atoms with Crippen LogP contribution in [0.15, 0.2) is 22.7 Å². The maximum Gasteiger partial charge on any atom is 0.330 e. The number of hydrogen-bond donors (Lipinski definition) is 2. The van der Waals surface area contributed by atoms with Crippen molar-refractivity contribution in [3.63, 3.8) is 0 Å². The van der Waals surface area contributed by atoms with E-state index < -0.39 is 18.7 Å². The molecule has 0 heterocycles. The van der Waals surface area contributed by atoms with Gasteiger partial charge in [0.2, 0.25) is 0 Å². The highest BCUT2D eigenvalue weighted by atomic mass is 79.9. The van der Waals surface area contributed by atoms with Crippen LogP contribution in [0, 0.1) is 10.1 Å². The van der Waals surface area contributed by atoms with Gasteiger partial charge in [-0.1, -0.05) is 22.0 Å². The molecule has 0 aliphatic carbocycles. The lowest BCUT2D eigenvalue weighted by Gasteiger charge is -2.04. The number of halogens is 1. The molecule has 0 aliphatic rings. The van der Waals surface area contributed by atoms with Gasteiger partial charge in [0.05, 0.1) is 11.1 Å². The Balaban J connectivity index is 3.18. The van der Waals surface area contributed by atoms with Gasteiger partial charge in [0.15, 0.2) is 0 Å². The molecule has 0 saturated carbocycles. The number of rotatable bonds is 3. The summed E-state index contributed by atoms with van der Waals surface area (Å²) in [6.45, 7) is 0. The molecule has 0 radical (unpaired) electrons. The first-order valence-electron chi connectivity index (χ1n) is 3.77. The predicted octanol–water partition coefficient (Wildman–Crippen LogP) is 2.04. The molecule has 0 unspecified atom stereocenters. The zero-order valence-electron chi connectivity index (χ0n) is 7.33. The van der Waals surface area contributed by atoms with Crippen molar-refractivity contribution in [1.29, 1.82) is 0 Å². The molecule has 15 heavy (non-hydrogen) atoms. The van der Waals surface area contributed by atoms with Crippen LogP contribution in [0.5, 0.6) is 0 Å². The number of nitro benzene ring substituents is 1. The third kappa shape index (κ3) is 3.71. The molecule has 8 heteroatoms. The molecule has 1 aromatic rings. The molecule has 6 nitrogen and oxygen atoms in total. The lowest BCUT2D eigenvalue weighted by Crippen LogP contribution is -1.96. The monoisotopic (exact) mass is 295 g/mol. The Labute approximate surface area is 93.4 Å². The predicted molar refractivity (Wildman–Crippen MR) is 56.5 cm³/mol. The highest BCUT2D eigenvalue weighted by Gasteiger charge is 2.22. The first kappa shape index (κ1) is 12.3. The van der Waals surface area contributed by atoms with Gasteiger partial charge in [-0.2, -0.15) is 0 Å². The fraction of sp³-hybridized carbons (Fsp3) is 0.143. The maximum absolute atomic E-state index is 10.7. The molecule has 1 rings (SSSR count). The van der Waals surface area contributed by atoms with Crippen molar-refractivity contribution in [2.75, 3.05) is 0 Å². The Morgan fingerprint density at radius 3 is 2.53 bits per heavy atom. The molecule has 0 atom stereocenters. The molecule has 82 valence electrons. The smallest absolute Gasteiger partial charge is 0.324 e. The molecule has 0 amide bonds. The first-order chi connectivity index (χ1) is 6.79. The van der Waals surface area contributed by atoms with Gasteiger partial charge in [-0.05, 0) is 6.07 Å². The zero-order valence-corrected chi connectivity index (χ0v) is 9.81. The molecule has 0 aromatic heterocycles. The lowest BCUT2D eigenvalue weighted by atomic mass is 10.2. The van der Waals surface area contributed by atoms with Crippen LogP contribution in [-0.2, 0) is 10.7 Å². The van der Waals surface area contributed by atoms with Crippen LogP contribution in [0.4, 0.5) is 5.69 Å². The largest absolute Gasteiger partial charge is 0.330 e. The summed E-state index contributed by atoms with van der Waals surface area (Å²) >= 11 is 3.05. The second kappa shape index (κ2) is 4.40. The standard InChI is InChI=1S/C7H7BrNO5P/c8-6-2-1-5(4-15(12,13)14)7(3-6)9(10)11/h1-3H,4H2,(H2,12,13,14). The molecular formula is C7H7BrNO5P. The van der Waals surface area contributed by atoms with Crippen LogP contribution in [-0.4, -0.2) is 14.7 Å². The fourth-order valence-corrected chi connectivity index (χ4v) is 2.12. The van der Waals surface area contributed by atoms with E-state index in [1.807, 2.05) is 0 Å². The quantitative estimate of drug-likeness (QED) is 0.505. The summed E-state index contributed by atoms with van der Waals surface area (Å²) in [7, 11) is -4.29. The van der Waals surface area contributed by atoms with E-state index in [0.29, 0.717) is 4.47 Å². The summed E-state index contributed by atoms with van der Waals surface area (Å²) in [5.41, 5.74) is -0.274. The number of benzene rings is 1. The maximum atomic E-state index is 10.7. The number of nitro groups is 1. The molecule has 2 N–H and O–H groups in total. The molecule has 0 spiro atoms. The van der Waals surface area contributed by atoms with Crippen LogP contribution >= 0.6 is 23.5 Å². The van der Waals surface area contributed by atoms with E-state index in [-0.39, 0.29) is 11.3 Å². The summed E-state index contributed by atoms with van der Waals surface area (Å²) in [6, 6.07) is 4.03. The van der Waals surface area contributed by atoms with Gasteiger partial charge in [-0.15, -0.1) is 0 Å². The molecule has 1 aromatic carbocycles. The van der Waals surface area contributed by atoms with Crippen molar-refractivity contribution >= 4 is 29.2 Å². The average Bonchev–Trinajstić information content (AvgIpc) is 2.05. The third-order valence-electron chi connectivity index (χ3n) is 1.62. The summed E-state index contributed by atoms with van der Waals surface area (Å²) in [5.74, 6) is 0. The van der Waals surface area contributed by atoms with E-state index in [9.17, 15) is 14.7 Å². The van der Waals surface area contributed by atoms with Gasteiger partial charge in [0.1, 0.15) is 0 Å².